The Morgan fingerprint density at radius 1 is 1.28 bits per heavy atom. The minimum Gasteiger partial charge on any atom is -0.497 e. The van der Waals surface area contributed by atoms with Gasteiger partial charge in [0.05, 0.1) is 26.0 Å². The molecule has 7 heteroatoms. The van der Waals surface area contributed by atoms with E-state index in [1.165, 1.54) is 11.8 Å². The lowest BCUT2D eigenvalue weighted by molar-refractivity contribution is -0.126. The van der Waals surface area contributed by atoms with Gasteiger partial charge < -0.3 is 9.47 Å². The van der Waals surface area contributed by atoms with Crippen molar-refractivity contribution in [2.45, 2.75) is 18.2 Å². The molecule has 0 aliphatic carbocycles. The highest BCUT2D eigenvalue weighted by molar-refractivity contribution is 8.24. The standard InChI is InChI=1S/C18H18N2O3S2/c1-22-14-5-6-15(23-2)13(8-14)9-16-17(21)20(18(24)25-16)11-12-4-3-7-19-10-12/h3-8,10,16H,9,11H2,1-2H3/t16-/m0/s1. The average Bonchev–Trinajstić information content (AvgIpc) is 2.90. The van der Waals surface area contributed by atoms with Gasteiger partial charge in [0, 0.05) is 12.4 Å². The van der Waals surface area contributed by atoms with Gasteiger partial charge in [-0.3, -0.25) is 14.7 Å². The smallest absolute Gasteiger partial charge is 0.242 e. The van der Waals surface area contributed by atoms with Gasteiger partial charge in [0.15, 0.2) is 0 Å². The summed E-state index contributed by atoms with van der Waals surface area (Å²) in [7, 11) is 3.24. The van der Waals surface area contributed by atoms with Crippen LogP contribution in [0.1, 0.15) is 11.1 Å². The maximum absolute atomic E-state index is 12.8. The van der Waals surface area contributed by atoms with Crippen LogP contribution >= 0.6 is 24.0 Å². The quantitative estimate of drug-likeness (QED) is 0.725. The Hall–Kier alpha value is -2.12. The Morgan fingerprint density at radius 3 is 2.80 bits per heavy atom. The van der Waals surface area contributed by atoms with Gasteiger partial charge in [-0.05, 0) is 41.8 Å². The van der Waals surface area contributed by atoms with Gasteiger partial charge in [0.1, 0.15) is 15.8 Å². The molecule has 1 fully saturated rings. The molecule has 5 nitrogen and oxygen atoms in total. The number of hydrogen-bond acceptors (Lipinski definition) is 6. The van der Waals surface area contributed by atoms with E-state index in [0.717, 1.165) is 22.6 Å². The molecule has 1 aromatic carbocycles. The molecule has 0 unspecified atom stereocenters. The van der Waals surface area contributed by atoms with Crippen LogP contribution in [0.25, 0.3) is 0 Å². The molecule has 1 aliphatic rings. The summed E-state index contributed by atoms with van der Waals surface area (Å²) in [4.78, 5) is 18.5. The molecule has 0 saturated carbocycles. The van der Waals surface area contributed by atoms with Crippen molar-refractivity contribution in [3.63, 3.8) is 0 Å². The number of rotatable bonds is 6. The van der Waals surface area contributed by atoms with Crippen LogP contribution in [0.2, 0.25) is 0 Å². The molecule has 0 spiro atoms. The molecule has 130 valence electrons. The number of benzene rings is 1. The highest BCUT2D eigenvalue weighted by Crippen LogP contribution is 2.34. The van der Waals surface area contributed by atoms with Crippen molar-refractivity contribution in [3.8, 4) is 11.5 Å². The fraction of sp³-hybridized carbons (Fsp3) is 0.278. The fourth-order valence-corrected chi connectivity index (χ4v) is 4.21. The molecule has 1 aromatic heterocycles. The van der Waals surface area contributed by atoms with E-state index in [1.807, 2.05) is 30.3 Å². The van der Waals surface area contributed by atoms with E-state index in [2.05, 4.69) is 4.98 Å². The maximum Gasteiger partial charge on any atom is 0.242 e. The number of aromatic nitrogens is 1. The number of ether oxygens (including phenoxy) is 2. The first kappa shape index (κ1) is 17.7. The number of carbonyl (C=O) groups excluding carboxylic acids is 1. The SMILES string of the molecule is COc1ccc(OC)c(C[C@@H]2SC(=S)N(Cc3cccnc3)C2=O)c1. The van der Waals surface area contributed by atoms with E-state index in [9.17, 15) is 4.79 Å². The van der Waals surface area contributed by atoms with Gasteiger partial charge in [0.2, 0.25) is 5.91 Å². The molecular weight excluding hydrogens is 356 g/mol. The van der Waals surface area contributed by atoms with Crippen molar-refractivity contribution in [2.75, 3.05) is 14.2 Å². The molecule has 2 aromatic rings. The molecule has 25 heavy (non-hydrogen) atoms. The van der Waals surface area contributed by atoms with Crippen LogP contribution in [0.3, 0.4) is 0 Å². The lowest BCUT2D eigenvalue weighted by atomic mass is 10.1. The highest BCUT2D eigenvalue weighted by Gasteiger charge is 2.37. The third-order valence-electron chi connectivity index (χ3n) is 3.96. The van der Waals surface area contributed by atoms with E-state index >= 15 is 0 Å². The molecule has 1 amide bonds. The second-order valence-electron chi connectivity index (χ2n) is 5.54. The number of amides is 1. The lowest BCUT2D eigenvalue weighted by Crippen LogP contribution is -2.31. The van der Waals surface area contributed by atoms with Crippen LogP contribution in [0, 0.1) is 0 Å². The first-order chi connectivity index (χ1) is 12.1. The van der Waals surface area contributed by atoms with E-state index < -0.39 is 0 Å². The molecule has 0 N–H and O–H groups in total. The van der Waals surface area contributed by atoms with Gasteiger partial charge in [-0.25, -0.2) is 0 Å². The second-order valence-corrected chi connectivity index (χ2v) is 7.38. The Bertz CT molecular complexity index is 783. The Kier molecular flexibility index (Phi) is 5.55. The normalized spacial score (nSPS) is 17.0. The number of thiocarbonyl (C=S) groups is 1. The predicted octanol–water partition coefficient (Wildman–Crippen LogP) is 3.07. The number of pyridine rings is 1. The van der Waals surface area contributed by atoms with Crippen LogP contribution < -0.4 is 9.47 Å². The van der Waals surface area contributed by atoms with Crippen LogP contribution in [0.5, 0.6) is 11.5 Å². The zero-order valence-electron chi connectivity index (χ0n) is 14.0. The minimum absolute atomic E-state index is 0.0173. The van der Waals surface area contributed by atoms with Gasteiger partial charge in [0.25, 0.3) is 0 Å². The number of nitrogens with zero attached hydrogens (tertiary/aromatic N) is 2. The highest BCUT2D eigenvalue weighted by atomic mass is 32.2. The van der Waals surface area contributed by atoms with Crippen LogP contribution in [0.15, 0.2) is 42.7 Å². The lowest BCUT2D eigenvalue weighted by Gasteiger charge is -2.16. The number of methoxy groups -OCH3 is 2. The summed E-state index contributed by atoms with van der Waals surface area (Å²) >= 11 is 6.83. The molecular formula is C18H18N2O3S2. The van der Waals surface area contributed by atoms with E-state index in [1.54, 1.807) is 31.5 Å². The van der Waals surface area contributed by atoms with Crippen molar-refractivity contribution in [2.24, 2.45) is 0 Å². The fourth-order valence-electron chi connectivity index (χ4n) is 2.69. The first-order valence-corrected chi connectivity index (χ1v) is 9.03. The average molecular weight is 374 g/mol. The Balaban J connectivity index is 1.76. The Labute approximate surface area is 156 Å². The second kappa shape index (κ2) is 7.84. The summed E-state index contributed by atoms with van der Waals surface area (Å²) in [6.45, 7) is 0.449. The Morgan fingerprint density at radius 2 is 2.12 bits per heavy atom. The van der Waals surface area contributed by atoms with Gasteiger partial charge in [-0.15, -0.1) is 0 Å². The number of thioether (sulfide) groups is 1. The largest absolute Gasteiger partial charge is 0.497 e. The zero-order valence-corrected chi connectivity index (χ0v) is 15.6. The third-order valence-corrected chi connectivity index (χ3v) is 5.55. The molecule has 2 heterocycles. The summed E-state index contributed by atoms with van der Waals surface area (Å²) < 4.78 is 11.3. The molecule has 1 aliphatic heterocycles. The van der Waals surface area contributed by atoms with Gasteiger partial charge in [-0.1, -0.05) is 30.0 Å². The number of carbonyl (C=O) groups is 1. The zero-order chi connectivity index (χ0) is 17.8. The van der Waals surface area contributed by atoms with Gasteiger partial charge in [-0.2, -0.15) is 0 Å². The monoisotopic (exact) mass is 374 g/mol. The summed E-state index contributed by atoms with van der Waals surface area (Å²) in [5.41, 5.74) is 1.89. The van der Waals surface area contributed by atoms with Crippen LogP contribution in [-0.4, -0.2) is 39.6 Å². The van der Waals surface area contributed by atoms with Crippen molar-refractivity contribution < 1.29 is 14.3 Å². The van der Waals surface area contributed by atoms with E-state index in [-0.39, 0.29) is 11.2 Å². The van der Waals surface area contributed by atoms with Gasteiger partial charge >= 0.3 is 0 Å². The molecule has 3 rings (SSSR count). The summed E-state index contributed by atoms with van der Waals surface area (Å²) in [6.07, 6.45) is 3.99. The van der Waals surface area contributed by atoms with E-state index in [4.69, 9.17) is 21.7 Å². The van der Waals surface area contributed by atoms with Crippen molar-refractivity contribution in [1.82, 2.24) is 9.88 Å². The molecule has 1 saturated heterocycles. The van der Waals surface area contributed by atoms with Crippen LogP contribution in [0.4, 0.5) is 0 Å². The minimum atomic E-state index is -0.259. The topological polar surface area (TPSA) is 51.7 Å². The van der Waals surface area contributed by atoms with Crippen molar-refractivity contribution >= 4 is 34.2 Å². The summed E-state index contributed by atoms with van der Waals surface area (Å²) in [5, 5.41) is -0.259. The van der Waals surface area contributed by atoms with E-state index in [0.29, 0.717) is 17.3 Å². The predicted molar refractivity (Wildman–Crippen MR) is 102 cm³/mol. The first-order valence-electron chi connectivity index (χ1n) is 7.74. The summed E-state index contributed by atoms with van der Waals surface area (Å²) in [5.74, 6) is 1.50. The third kappa shape index (κ3) is 3.93. The van der Waals surface area contributed by atoms with Crippen molar-refractivity contribution in [3.05, 3.63) is 53.9 Å². The molecule has 0 bridgehead atoms. The molecule has 1 atom stereocenters. The van der Waals surface area contributed by atoms with Crippen molar-refractivity contribution in [1.29, 1.82) is 0 Å². The molecule has 0 radical (unpaired) electrons. The van der Waals surface area contributed by atoms with Crippen LogP contribution in [-0.2, 0) is 17.8 Å². The summed E-state index contributed by atoms with van der Waals surface area (Å²) in [6, 6.07) is 9.38. The number of hydrogen-bond donors (Lipinski definition) is 0. The maximum atomic E-state index is 12.8.